The molecule has 0 aromatic heterocycles. The molecule has 8 heteroatoms. The lowest BCUT2D eigenvalue weighted by Gasteiger charge is -2.19. The molecule has 1 saturated heterocycles. The van der Waals surface area contributed by atoms with Gasteiger partial charge in [-0.3, -0.25) is 24.1 Å². The second kappa shape index (κ2) is 9.28. The maximum atomic E-state index is 12.4. The van der Waals surface area contributed by atoms with Gasteiger partial charge in [0.05, 0.1) is 18.3 Å². The van der Waals surface area contributed by atoms with Gasteiger partial charge in [-0.25, -0.2) is 0 Å². The maximum absolute atomic E-state index is 12.4. The Kier molecular flexibility index (Phi) is 6.74. The molecule has 2 aliphatic rings. The minimum absolute atomic E-state index is 0.00381. The maximum Gasteiger partial charge on any atom is 0.308 e. The van der Waals surface area contributed by atoms with Crippen LogP contribution in [0.15, 0.2) is 24.3 Å². The van der Waals surface area contributed by atoms with Crippen LogP contribution in [-0.4, -0.2) is 55.3 Å². The number of carbonyl (C=O) groups excluding carboxylic acids is 4. The highest BCUT2D eigenvalue weighted by atomic mass is 16.5. The van der Waals surface area contributed by atoms with Gasteiger partial charge in [0.15, 0.2) is 6.10 Å². The normalized spacial score (nSPS) is 21.8. The number of nitrogens with zero attached hydrogens (tertiary/aromatic N) is 2. The predicted molar refractivity (Wildman–Crippen MR) is 112 cm³/mol. The molecule has 3 rings (SSSR count). The van der Waals surface area contributed by atoms with E-state index in [-0.39, 0.29) is 36.6 Å². The van der Waals surface area contributed by atoms with E-state index in [1.807, 2.05) is 31.1 Å². The molecule has 1 saturated carbocycles. The van der Waals surface area contributed by atoms with Crippen molar-refractivity contribution in [3.05, 3.63) is 24.3 Å². The molecule has 30 heavy (non-hydrogen) atoms. The molecule has 0 bridgehead atoms. The van der Waals surface area contributed by atoms with Gasteiger partial charge in [0, 0.05) is 32.0 Å². The van der Waals surface area contributed by atoms with E-state index in [0.29, 0.717) is 5.69 Å². The molecule has 2 fully saturated rings. The number of amides is 3. The Morgan fingerprint density at radius 3 is 2.20 bits per heavy atom. The zero-order chi connectivity index (χ0) is 21.8. The average Bonchev–Trinajstić information content (AvgIpc) is 2.97. The van der Waals surface area contributed by atoms with Gasteiger partial charge in [0.25, 0.3) is 5.91 Å². The molecule has 162 valence electrons. The van der Waals surface area contributed by atoms with Crippen molar-refractivity contribution < 1.29 is 23.9 Å². The molecule has 8 nitrogen and oxygen atoms in total. The van der Waals surface area contributed by atoms with Crippen LogP contribution in [0.25, 0.3) is 0 Å². The Labute approximate surface area is 176 Å². The van der Waals surface area contributed by atoms with E-state index in [2.05, 4.69) is 5.32 Å². The van der Waals surface area contributed by atoms with Crippen molar-refractivity contribution in [2.75, 3.05) is 30.9 Å². The van der Waals surface area contributed by atoms with E-state index < -0.39 is 18.0 Å². The standard InChI is InChI=1S/C22H29N3O5/c1-14(20(27)23-15-8-10-16(11-9-15)24(2)3)30-19(26)12-13-25-21(28)17-6-4-5-7-18(17)22(25)29/h8-11,14,17-18H,4-7,12-13H2,1-3H3,(H,23,27)/t14-,17-,18+/m0/s1. The Bertz CT molecular complexity index is 797. The fourth-order valence-electron chi connectivity index (χ4n) is 4.05. The van der Waals surface area contributed by atoms with Gasteiger partial charge in [-0.1, -0.05) is 12.8 Å². The number of imide groups is 1. The minimum Gasteiger partial charge on any atom is -0.452 e. The molecular weight excluding hydrogens is 386 g/mol. The second-order valence-corrected chi connectivity index (χ2v) is 8.14. The highest BCUT2D eigenvalue weighted by Gasteiger charge is 2.47. The molecule has 1 heterocycles. The van der Waals surface area contributed by atoms with Crippen LogP contribution in [0.4, 0.5) is 11.4 Å². The molecule has 1 aliphatic heterocycles. The largest absolute Gasteiger partial charge is 0.452 e. The number of fused-ring (bicyclic) bond motifs is 1. The lowest BCUT2D eigenvalue weighted by atomic mass is 9.81. The van der Waals surface area contributed by atoms with Crippen LogP contribution in [-0.2, 0) is 23.9 Å². The first-order chi connectivity index (χ1) is 14.3. The number of likely N-dealkylation sites (tertiary alicyclic amines) is 1. The van der Waals surface area contributed by atoms with E-state index in [4.69, 9.17) is 4.74 Å². The number of ether oxygens (including phenoxy) is 1. The minimum atomic E-state index is -0.987. The summed E-state index contributed by atoms with van der Waals surface area (Å²) < 4.78 is 5.19. The van der Waals surface area contributed by atoms with Crippen LogP contribution >= 0.6 is 0 Å². The summed E-state index contributed by atoms with van der Waals surface area (Å²) in [6, 6.07) is 7.28. The van der Waals surface area contributed by atoms with Gasteiger partial charge >= 0.3 is 5.97 Å². The summed E-state index contributed by atoms with van der Waals surface area (Å²) in [5.41, 5.74) is 1.60. The van der Waals surface area contributed by atoms with Crippen molar-refractivity contribution in [2.24, 2.45) is 11.8 Å². The van der Waals surface area contributed by atoms with Gasteiger partial charge in [0.1, 0.15) is 0 Å². The molecule has 3 amide bonds. The lowest BCUT2D eigenvalue weighted by Crippen LogP contribution is -2.35. The van der Waals surface area contributed by atoms with Crippen LogP contribution in [0, 0.1) is 11.8 Å². The van der Waals surface area contributed by atoms with Crippen molar-refractivity contribution >= 4 is 35.1 Å². The Hall–Kier alpha value is -2.90. The van der Waals surface area contributed by atoms with Gasteiger partial charge < -0.3 is 15.0 Å². The van der Waals surface area contributed by atoms with E-state index in [1.165, 1.54) is 11.8 Å². The van der Waals surface area contributed by atoms with Crippen molar-refractivity contribution in [3.63, 3.8) is 0 Å². The van der Waals surface area contributed by atoms with Crippen LogP contribution in [0.1, 0.15) is 39.0 Å². The van der Waals surface area contributed by atoms with E-state index in [1.54, 1.807) is 12.1 Å². The van der Waals surface area contributed by atoms with Gasteiger partial charge in [-0.2, -0.15) is 0 Å². The average molecular weight is 415 g/mol. The summed E-state index contributed by atoms with van der Waals surface area (Å²) >= 11 is 0. The Morgan fingerprint density at radius 2 is 1.67 bits per heavy atom. The lowest BCUT2D eigenvalue weighted by molar-refractivity contribution is -0.154. The van der Waals surface area contributed by atoms with E-state index in [0.717, 1.165) is 31.4 Å². The molecule has 1 N–H and O–H groups in total. The number of esters is 1. The quantitative estimate of drug-likeness (QED) is 0.542. The summed E-state index contributed by atoms with van der Waals surface area (Å²) in [5, 5.41) is 2.70. The van der Waals surface area contributed by atoms with Crippen molar-refractivity contribution in [1.29, 1.82) is 0 Å². The molecule has 0 radical (unpaired) electrons. The number of benzene rings is 1. The van der Waals surface area contributed by atoms with Gasteiger partial charge in [-0.05, 0) is 44.0 Å². The van der Waals surface area contributed by atoms with Crippen LogP contribution < -0.4 is 10.2 Å². The smallest absolute Gasteiger partial charge is 0.308 e. The van der Waals surface area contributed by atoms with Crippen LogP contribution in [0.3, 0.4) is 0 Å². The zero-order valence-corrected chi connectivity index (χ0v) is 17.7. The highest BCUT2D eigenvalue weighted by Crippen LogP contribution is 2.38. The summed E-state index contributed by atoms with van der Waals surface area (Å²) in [6.07, 6.45) is 2.29. The topological polar surface area (TPSA) is 96.0 Å². The van der Waals surface area contributed by atoms with Crippen LogP contribution in [0.5, 0.6) is 0 Å². The second-order valence-electron chi connectivity index (χ2n) is 8.14. The first kappa shape index (κ1) is 21.8. The molecule has 1 aromatic carbocycles. The number of carbonyl (C=O) groups is 4. The van der Waals surface area contributed by atoms with Crippen molar-refractivity contribution in [2.45, 2.75) is 45.1 Å². The molecule has 3 atom stereocenters. The summed E-state index contributed by atoms with van der Waals surface area (Å²) in [5.74, 6) is -1.87. The van der Waals surface area contributed by atoms with E-state index >= 15 is 0 Å². The number of hydrogen-bond donors (Lipinski definition) is 1. The summed E-state index contributed by atoms with van der Waals surface area (Å²) in [7, 11) is 3.85. The Morgan fingerprint density at radius 1 is 1.10 bits per heavy atom. The Balaban J connectivity index is 1.46. The first-order valence-corrected chi connectivity index (χ1v) is 10.4. The third kappa shape index (κ3) is 4.80. The highest BCUT2D eigenvalue weighted by molar-refractivity contribution is 6.05. The third-order valence-corrected chi connectivity index (χ3v) is 5.80. The first-order valence-electron chi connectivity index (χ1n) is 10.4. The monoisotopic (exact) mass is 415 g/mol. The predicted octanol–water partition coefficient (Wildman–Crippen LogP) is 2.19. The molecule has 1 aromatic rings. The number of hydrogen-bond acceptors (Lipinski definition) is 6. The zero-order valence-electron chi connectivity index (χ0n) is 17.7. The molecule has 0 unspecified atom stereocenters. The van der Waals surface area contributed by atoms with E-state index in [9.17, 15) is 19.2 Å². The molecular formula is C22H29N3O5. The summed E-state index contributed by atoms with van der Waals surface area (Å²) in [6.45, 7) is 1.49. The SMILES string of the molecule is C[C@H](OC(=O)CCN1C(=O)[C@H]2CCCC[C@H]2C1=O)C(=O)Nc1ccc(N(C)C)cc1. The molecule has 0 spiro atoms. The van der Waals surface area contributed by atoms with Crippen molar-refractivity contribution in [1.82, 2.24) is 4.90 Å². The number of rotatable bonds is 7. The van der Waals surface area contributed by atoms with Gasteiger partial charge in [0.2, 0.25) is 11.8 Å². The third-order valence-electron chi connectivity index (χ3n) is 5.80. The fraction of sp³-hybridized carbons (Fsp3) is 0.545. The summed E-state index contributed by atoms with van der Waals surface area (Å²) in [4.78, 5) is 52.5. The fourth-order valence-corrected chi connectivity index (χ4v) is 4.05. The van der Waals surface area contributed by atoms with Crippen molar-refractivity contribution in [3.8, 4) is 0 Å². The number of nitrogens with one attached hydrogen (secondary N) is 1. The number of anilines is 2. The molecule has 1 aliphatic carbocycles. The van der Waals surface area contributed by atoms with Crippen LogP contribution in [0.2, 0.25) is 0 Å². The van der Waals surface area contributed by atoms with Gasteiger partial charge in [-0.15, -0.1) is 0 Å².